The van der Waals surface area contributed by atoms with Crippen LogP contribution >= 0.6 is 0 Å². The first-order chi connectivity index (χ1) is 12.2. The number of benzene rings is 2. The van der Waals surface area contributed by atoms with Crippen LogP contribution in [-0.4, -0.2) is 24.7 Å². The molecule has 0 unspecified atom stereocenters. The molecule has 0 amide bonds. The van der Waals surface area contributed by atoms with Crippen molar-refractivity contribution >= 4 is 11.4 Å². The van der Waals surface area contributed by atoms with Crippen molar-refractivity contribution in [1.82, 2.24) is 0 Å². The van der Waals surface area contributed by atoms with Gasteiger partial charge in [-0.15, -0.1) is 0 Å². The highest BCUT2D eigenvalue weighted by molar-refractivity contribution is 5.66. The maximum Gasteiger partial charge on any atom is 0.327 e. The summed E-state index contributed by atoms with van der Waals surface area (Å²) < 4.78 is 25.5. The minimum absolute atomic E-state index is 0.114. The van der Waals surface area contributed by atoms with Crippen molar-refractivity contribution in [2.75, 3.05) is 24.7 Å². The van der Waals surface area contributed by atoms with Gasteiger partial charge in [0.2, 0.25) is 5.82 Å². The molecule has 7 heteroatoms. The van der Waals surface area contributed by atoms with Crippen molar-refractivity contribution in [3.05, 3.63) is 57.9 Å². The quantitative estimate of drug-likeness (QED) is 0.625. The summed E-state index contributed by atoms with van der Waals surface area (Å²) in [5, 5.41) is 11.4. The Balaban J connectivity index is 1.78. The fraction of sp³-hybridized carbons (Fsp3) is 0.333. The SMILES string of the molecule is O=[N+]([O-])c1c(F)cccc1N1CCC[C@H]1c1cccc2c1OCCO2. The van der Waals surface area contributed by atoms with Gasteiger partial charge in [0.1, 0.15) is 18.9 Å². The lowest BCUT2D eigenvalue weighted by Gasteiger charge is -2.30. The first kappa shape index (κ1) is 15.7. The molecule has 0 saturated carbocycles. The number of anilines is 1. The third-order valence-corrected chi connectivity index (χ3v) is 4.67. The van der Waals surface area contributed by atoms with Gasteiger partial charge in [-0.25, -0.2) is 0 Å². The molecule has 1 fully saturated rings. The highest BCUT2D eigenvalue weighted by atomic mass is 19.1. The van der Waals surface area contributed by atoms with E-state index in [2.05, 4.69) is 0 Å². The summed E-state index contributed by atoms with van der Waals surface area (Å²) >= 11 is 0. The molecule has 0 aliphatic carbocycles. The normalized spacial score (nSPS) is 19.1. The number of halogens is 1. The zero-order valence-corrected chi connectivity index (χ0v) is 13.5. The summed E-state index contributed by atoms with van der Waals surface area (Å²) in [7, 11) is 0. The van der Waals surface area contributed by atoms with Gasteiger partial charge in [-0.2, -0.15) is 4.39 Å². The monoisotopic (exact) mass is 344 g/mol. The van der Waals surface area contributed by atoms with Crippen LogP contribution in [-0.2, 0) is 0 Å². The Kier molecular flexibility index (Phi) is 3.91. The molecule has 0 bridgehead atoms. The van der Waals surface area contributed by atoms with Crippen LogP contribution in [0.4, 0.5) is 15.8 Å². The van der Waals surface area contributed by atoms with E-state index in [1.165, 1.54) is 6.07 Å². The molecule has 130 valence electrons. The number of hydrogen-bond acceptors (Lipinski definition) is 5. The Morgan fingerprint density at radius 3 is 2.80 bits per heavy atom. The molecule has 2 aliphatic rings. The van der Waals surface area contributed by atoms with Crippen LogP contribution in [0.1, 0.15) is 24.4 Å². The van der Waals surface area contributed by atoms with Crippen LogP contribution in [0.3, 0.4) is 0 Å². The number of ether oxygens (including phenoxy) is 2. The number of nitro groups is 1. The highest BCUT2D eigenvalue weighted by Crippen LogP contribution is 2.46. The Morgan fingerprint density at radius 2 is 1.96 bits per heavy atom. The van der Waals surface area contributed by atoms with E-state index < -0.39 is 16.4 Å². The smallest absolute Gasteiger partial charge is 0.327 e. The third-order valence-electron chi connectivity index (χ3n) is 4.67. The second-order valence-corrected chi connectivity index (χ2v) is 6.09. The Hall–Kier alpha value is -2.83. The molecule has 4 rings (SSSR count). The van der Waals surface area contributed by atoms with Gasteiger partial charge in [0.05, 0.1) is 11.0 Å². The number of nitro benzene ring substituents is 1. The lowest BCUT2D eigenvalue weighted by atomic mass is 10.0. The van der Waals surface area contributed by atoms with Crippen LogP contribution in [0, 0.1) is 15.9 Å². The van der Waals surface area contributed by atoms with Crippen molar-refractivity contribution in [3.8, 4) is 11.5 Å². The molecule has 0 radical (unpaired) electrons. The van der Waals surface area contributed by atoms with Crippen molar-refractivity contribution in [2.45, 2.75) is 18.9 Å². The van der Waals surface area contributed by atoms with Gasteiger partial charge in [0, 0.05) is 12.1 Å². The van der Waals surface area contributed by atoms with Crippen LogP contribution in [0.25, 0.3) is 0 Å². The first-order valence-electron chi connectivity index (χ1n) is 8.25. The molecule has 2 aromatic rings. The zero-order chi connectivity index (χ0) is 17.4. The number of fused-ring (bicyclic) bond motifs is 1. The van der Waals surface area contributed by atoms with Crippen molar-refractivity contribution in [1.29, 1.82) is 0 Å². The van der Waals surface area contributed by atoms with Gasteiger partial charge >= 0.3 is 5.69 Å². The average molecular weight is 344 g/mol. The predicted molar refractivity (Wildman–Crippen MR) is 89.8 cm³/mol. The number of para-hydroxylation sites is 2. The Labute approximate surface area is 143 Å². The summed E-state index contributed by atoms with van der Waals surface area (Å²) in [5.74, 6) is 0.553. The third kappa shape index (κ3) is 2.65. The largest absolute Gasteiger partial charge is 0.486 e. The van der Waals surface area contributed by atoms with E-state index in [-0.39, 0.29) is 6.04 Å². The zero-order valence-electron chi connectivity index (χ0n) is 13.5. The molecule has 1 atom stereocenters. The van der Waals surface area contributed by atoms with Crippen molar-refractivity contribution in [2.24, 2.45) is 0 Å². The fourth-order valence-corrected chi connectivity index (χ4v) is 3.65. The van der Waals surface area contributed by atoms with Crippen molar-refractivity contribution in [3.63, 3.8) is 0 Å². The molecule has 2 heterocycles. The van der Waals surface area contributed by atoms with Crippen LogP contribution in [0.15, 0.2) is 36.4 Å². The molecule has 2 aliphatic heterocycles. The Bertz CT molecular complexity index is 827. The summed E-state index contributed by atoms with van der Waals surface area (Å²) in [5.41, 5.74) is 0.756. The number of rotatable bonds is 3. The molecule has 2 aromatic carbocycles. The summed E-state index contributed by atoms with van der Waals surface area (Å²) in [6.45, 7) is 1.59. The molecular formula is C18H17FN2O4. The van der Waals surface area contributed by atoms with E-state index in [1.807, 2.05) is 23.1 Å². The van der Waals surface area contributed by atoms with Crippen LogP contribution in [0.2, 0.25) is 0 Å². The van der Waals surface area contributed by atoms with E-state index in [9.17, 15) is 14.5 Å². The predicted octanol–water partition coefficient (Wildman–Crippen LogP) is 3.85. The molecular weight excluding hydrogens is 327 g/mol. The van der Waals surface area contributed by atoms with Gasteiger partial charge in [-0.3, -0.25) is 10.1 Å². The van der Waals surface area contributed by atoms with Crippen LogP contribution < -0.4 is 14.4 Å². The minimum atomic E-state index is -0.817. The number of hydrogen-bond donors (Lipinski definition) is 0. The molecule has 0 N–H and O–H groups in total. The minimum Gasteiger partial charge on any atom is -0.486 e. The summed E-state index contributed by atoms with van der Waals surface area (Å²) in [6, 6.07) is 9.80. The fourth-order valence-electron chi connectivity index (χ4n) is 3.65. The Morgan fingerprint density at radius 1 is 1.16 bits per heavy atom. The molecule has 1 saturated heterocycles. The molecule has 25 heavy (non-hydrogen) atoms. The van der Waals surface area contributed by atoms with E-state index >= 15 is 0 Å². The molecule has 0 spiro atoms. The van der Waals surface area contributed by atoms with E-state index in [1.54, 1.807) is 6.07 Å². The van der Waals surface area contributed by atoms with Gasteiger partial charge in [0.15, 0.2) is 11.5 Å². The van der Waals surface area contributed by atoms with Gasteiger partial charge in [0.25, 0.3) is 0 Å². The molecule has 6 nitrogen and oxygen atoms in total. The number of nitrogens with zero attached hydrogens (tertiary/aromatic N) is 2. The highest BCUT2D eigenvalue weighted by Gasteiger charge is 2.35. The van der Waals surface area contributed by atoms with E-state index in [4.69, 9.17) is 9.47 Å². The van der Waals surface area contributed by atoms with Gasteiger partial charge < -0.3 is 14.4 Å². The molecule has 0 aromatic heterocycles. The lowest BCUT2D eigenvalue weighted by Crippen LogP contribution is -2.25. The maximum atomic E-state index is 14.0. The maximum absolute atomic E-state index is 14.0. The standard InChI is InChI=1S/C18H17FN2O4/c19-13-5-2-6-15(17(13)21(22)23)20-9-3-7-14(20)12-4-1-8-16-18(12)25-11-10-24-16/h1-2,4-6,8,14H,3,7,9-11H2/t14-/m0/s1. The van der Waals surface area contributed by atoms with Crippen LogP contribution in [0.5, 0.6) is 11.5 Å². The van der Waals surface area contributed by atoms with Crippen molar-refractivity contribution < 1.29 is 18.8 Å². The second kappa shape index (κ2) is 6.23. The van der Waals surface area contributed by atoms with E-state index in [0.29, 0.717) is 36.9 Å². The lowest BCUT2D eigenvalue weighted by molar-refractivity contribution is -0.386. The van der Waals surface area contributed by atoms with E-state index in [0.717, 1.165) is 24.5 Å². The second-order valence-electron chi connectivity index (χ2n) is 6.09. The summed E-state index contributed by atoms with van der Waals surface area (Å²) in [6.07, 6.45) is 1.68. The summed E-state index contributed by atoms with van der Waals surface area (Å²) in [4.78, 5) is 12.6. The topological polar surface area (TPSA) is 64.8 Å². The first-order valence-corrected chi connectivity index (χ1v) is 8.25. The van der Waals surface area contributed by atoms with Gasteiger partial charge in [-0.1, -0.05) is 18.2 Å². The van der Waals surface area contributed by atoms with Gasteiger partial charge in [-0.05, 0) is 31.0 Å². The average Bonchev–Trinajstić information content (AvgIpc) is 3.10.